The van der Waals surface area contributed by atoms with Crippen LogP contribution in [0.25, 0.3) is 0 Å². The Morgan fingerprint density at radius 2 is 0.947 bits per heavy atom. The van der Waals surface area contributed by atoms with E-state index in [0.29, 0.717) is 24.4 Å². The van der Waals surface area contributed by atoms with Gasteiger partial charge in [-0.05, 0) is 71.1 Å². The van der Waals surface area contributed by atoms with Gasteiger partial charge in [-0.1, -0.05) is 0 Å². The lowest BCUT2D eigenvalue weighted by Gasteiger charge is -2.27. The summed E-state index contributed by atoms with van der Waals surface area (Å²) in [6, 6.07) is 0. The predicted octanol–water partition coefficient (Wildman–Crippen LogP) is 1.44. The summed E-state index contributed by atoms with van der Waals surface area (Å²) in [7, 11) is 0. The average molecular weight is 268 g/mol. The molecule has 0 radical (unpaired) electrons. The molecule has 3 fully saturated rings. The predicted molar refractivity (Wildman–Crippen MR) is 75.4 cm³/mol. The van der Waals surface area contributed by atoms with Gasteiger partial charge in [-0.2, -0.15) is 0 Å². The van der Waals surface area contributed by atoms with Gasteiger partial charge in [0, 0.05) is 0 Å². The molecule has 3 aliphatic rings. The molecular formula is C15H28N2O2. The van der Waals surface area contributed by atoms with E-state index in [9.17, 15) is 0 Å². The molecule has 0 bridgehead atoms. The molecule has 110 valence electrons. The quantitative estimate of drug-likeness (QED) is 0.810. The van der Waals surface area contributed by atoms with Gasteiger partial charge in [0.1, 0.15) is 0 Å². The van der Waals surface area contributed by atoms with Gasteiger partial charge in [0.05, 0.1) is 24.4 Å². The van der Waals surface area contributed by atoms with Gasteiger partial charge in [0.2, 0.25) is 0 Å². The third-order valence-electron chi connectivity index (χ3n) is 4.68. The van der Waals surface area contributed by atoms with Crippen LogP contribution in [0.3, 0.4) is 0 Å². The summed E-state index contributed by atoms with van der Waals surface area (Å²) in [5, 5.41) is 6.78. The maximum Gasteiger partial charge on any atom is 0.0604 e. The Balaban J connectivity index is 1.37. The van der Waals surface area contributed by atoms with Crippen LogP contribution in [0.4, 0.5) is 0 Å². The van der Waals surface area contributed by atoms with Gasteiger partial charge in [0.15, 0.2) is 0 Å². The highest BCUT2D eigenvalue weighted by molar-refractivity contribution is 4.81. The van der Waals surface area contributed by atoms with Crippen LogP contribution in [0.15, 0.2) is 0 Å². The molecule has 1 aliphatic carbocycles. The van der Waals surface area contributed by atoms with Crippen LogP contribution in [0, 0.1) is 0 Å². The summed E-state index contributed by atoms with van der Waals surface area (Å²) in [5.74, 6) is 0. The maximum absolute atomic E-state index is 6.24. The van der Waals surface area contributed by atoms with E-state index < -0.39 is 0 Å². The number of ether oxygens (including phenoxy) is 2. The smallest absolute Gasteiger partial charge is 0.0604 e. The Hall–Kier alpha value is -0.160. The van der Waals surface area contributed by atoms with Gasteiger partial charge in [-0.15, -0.1) is 0 Å². The molecule has 2 heterocycles. The molecule has 1 saturated carbocycles. The highest BCUT2D eigenvalue weighted by Gasteiger charge is 2.30. The van der Waals surface area contributed by atoms with Crippen molar-refractivity contribution < 1.29 is 9.47 Å². The van der Waals surface area contributed by atoms with Gasteiger partial charge < -0.3 is 20.1 Å². The van der Waals surface area contributed by atoms with E-state index in [1.54, 1.807) is 0 Å². The molecule has 19 heavy (non-hydrogen) atoms. The van der Waals surface area contributed by atoms with Crippen LogP contribution < -0.4 is 10.6 Å². The fourth-order valence-electron chi connectivity index (χ4n) is 3.56. The summed E-state index contributed by atoms with van der Waals surface area (Å²) < 4.78 is 12.5. The van der Waals surface area contributed by atoms with Crippen LogP contribution in [0.2, 0.25) is 0 Å². The second-order valence-electron chi connectivity index (χ2n) is 6.23. The zero-order valence-corrected chi connectivity index (χ0v) is 11.9. The fraction of sp³-hybridized carbons (Fsp3) is 1.00. The lowest BCUT2D eigenvalue weighted by atomic mass is 10.1. The van der Waals surface area contributed by atoms with E-state index >= 15 is 0 Å². The van der Waals surface area contributed by atoms with Crippen LogP contribution in [-0.2, 0) is 9.47 Å². The first kappa shape index (κ1) is 13.8. The highest BCUT2D eigenvalue weighted by Crippen LogP contribution is 2.29. The van der Waals surface area contributed by atoms with Crippen molar-refractivity contribution in [1.82, 2.24) is 10.6 Å². The first-order valence-electron chi connectivity index (χ1n) is 8.12. The minimum atomic E-state index is 0.454. The van der Waals surface area contributed by atoms with Gasteiger partial charge in [-0.25, -0.2) is 0 Å². The van der Waals surface area contributed by atoms with Crippen molar-refractivity contribution in [1.29, 1.82) is 0 Å². The largest absolute Gasteiger partial charge is 0.375 e. The van der Waals surface area contributed by atoms with E-state index in [0.717, 1.165) is 32.6 Å². The third kappa shape index (κ3) is 4.15. The van der Waals surface area contributed by atoms with Gasteiger partial charge >= 0.3 is 0 Å². The molecule has 0 amide bonds. The lowest BCUT2D eigenvalue weighted by molar-refractivity contribution is -0.0511. The van der Waals surface area contributed by atoms with Crippen LogP contribution in [-0.4, -0.2) is 50.6 Å². The first-order valence-corrected chi connectivity index (χ1v) is 8.12. The zero-order valence-electron chi connectivity index (χ0n) is 11.9. The summed E-state index contributed by atoms with van der Waals surface area (Å²) in [6.07, 6.45) is 10.1. The summed E-state index contributed by atoms with van der Waals surface area (Å²) in [4.78, 5) is 0. The fourth-order valence-corrected chi connectivity index (χ4v) is 3.56. The van der Waals surface area contributed by atoms with Crippen LogP contribution >= 0.6 is 0 Å². The highest BCUT2D eigenvalue weighted by atomic mass is 16.5. The minimum absolute atomic E-state index is 0.454. The van der Waals surface area contributed by atoms with Gasteiger partial charge in [-0.3, -0.25) is 0 Å². The molecule has 4 heteroatoms. The number of hydrogen-bond donors (Lipinski definition) is 2. The van der Waals surface area contributed by atoms with E-state index in [1.165, 1.54) is 38.5 Å². The van der Waals surface area contributed by atoms with Crippen molar-refractivity contribution in [3.8, 4) is 0 Å². The van der Waals surface area contributed by atoms with E-state index in [4.69, 9.17) is 9.47 Å². The number of rotatable bonds is 4. The minimum Gasteiger partial charge on any atom is -0.375 e. The Morgan fingerprint density at radius 3 is 1.37 bits per heavy atom. The maximum atomic E-state index is 6.24. The molecule has 2 aliphatic heterocycles. The molecule has 0 unspecified atom stereocenters. The van der Waals surface area contributed by atoms with Crippen molar-refractivity contribution in [3.05, 3.63) is 0 Å². The molecule has 0 aromatic carbocycles. The molecule has 0 spiro atoms. The van der Waals surface area contributed by atoms with E-state index in [2.05, 4.69) is 10.6 Å². The number of piperidine rings is 2. The molecule has 2 N–H and O–H groups in total. The summed E-state index contributed by atoms with van der Waals surface area (Å²) in [5.41, 5.74) is 0. The number of nitrogens with one attached hydrogen (secondary N) is 2. The zero-order chi connectivity index (χ0) is 12.9. The molecule has 2 atom stereocenters. The monoisotopic (exact) mass is 268 g/mol. The molecule has 3 rings (SSSR count). The van der Waals surface area contributed by atoms with Crippen molar-refractivity contribution in [2.75, 3.05) is 26.2 Å². The lowest BCUT2D eigenvalue weighted by Crippen LogP contribution is -2.35. The van der Waals surface area contributed by atoms with E-state index in [-0.39, 0.29) is 0 Å². The third-order valence-corrected chi connectivity index (χ3v) is 4.68. The van der Waals surface area contributed by atoms with Crippen molar-refractivity contribution >= 4 is 0 Å². The Bertz CT molecular complexity index is 237. The van der Waals surface area contributed by atoms with Crippen molar-refractivity contribution in [3.63, 3.8) is 0 Å². The van der Waals surface area contributed by atoms with Crippen LogP contribution in [0.1, 0.15) is 44.9 Å². The van der Waals surface area contributed by atoms with E-state index in [1.807, 2.05) is 0 Å². The normalized spacial score (nSPS) is 34.7. The summed E-state index contributed by atoms with van der Waals surface area (Å²) >= 11 is 0. The van der Waals surface area contributed by atoms with Crippen LogP contribution in [0.5, 0.6) is 0 Å². The summed E-state index contributed by atoms with van der Waals surface area (Å²) in [6.45, 7) is 4.47. The average Bonchev–Trinajstić information content (AvgIpc) is 2.88. The molecule has 0 aromatic rings. The SMILES string of the molecule is C1CC(O[C@H]2CC[C@H](OC3CCNCC3)C2)CCN1. The Labute approximate surface area is 116 Å². The second kappa shape index (κ2) is 7.02. The molecule has 4 nitrogen and oxygen atoms in total. The Morgan fingerprint density at radius 1 is 0.526 bits per heavy atom. The molecule has 2 saturated heterocycles. The Kier molecular flexibility index (Phi) is 5.10. The first-order chi connectivity index (χ1) is 9.40. The van der Waals surface area contributed by atoms with Gasteiger partial charge in [0.25, 0.3) is 0 Å². The van der Waals surface area contributed by atoms with Crippen molar-refractivity contribution in [2.24, 2.45) is 0 Å². The molecule has 0 aromatic heterocycles. The molecular weight excluding hydrogens is 240 g/mol. The number of hydrogen-bond acceptors (Lipinski definition) is 4. The standard InChI is InChI=1S/C15H28N2O2/c1-2-15(19-13-5-9-17-10-6-13)11-14(1)18-12-3-7-16-8-4-12/h12-17H,1-11H2/t14-,15-/m0/s1. The topological polar surface area (TPSA) is 42.5 Å². The second-order valence-corrected chi connectivity index (χ2v) is 6.23. The van der Waals surface area contributed by atoms with Crippen molar-refractivity contribution in [2.45, 2.75) is 69.4 Å².